The largest absolute Gasteiger partial charge is 0.348 e. The quantitative estimate of drug-likeness (QED) is 0.813. The number of benzene rings is 1. The lowest BCUT2D eigenvalue weighted by Gasteiger charge is -2.35. The van der Waals surface area contributed by atoms with Gasteiger partial charge in [-0.3, -0.25) is 4.79 Å². The normalized spacial score (nSPS) is 17.0. The van der Waals surface area contributed by atoms with Crippen molar-refractivity contribution in [2.75, 3.05) is 13.1 Å². The lowest BCUT2D eigenvalue weighted by molar-refractivity contribution is 0.0643. The zero-order valence-corrected chi connectivity index (χ0v) is 15.2. The van der Waals surface area contributed by atoms with Gasteiger partial charge in [-0.05, 0) is 37.3 Å². The molecule has 1 aromatic heterocycles. The lowest BCUT2D eigenvalue weighted by Crippen LogP contribution is -2.40. The Labute approximate surface area is 152 Å². The fourth-order valence-corrected chi connectivity index (χ4v) is 4.21. The number of sulfonamides is 1. The first-order chi connectivity index (χ1) is 12.3. The topological polar surface area (TPSA) is 71.4 Å². The number of fused-ring (bicyclic) bond motifs is 1. The average Bonchev–Trinajstić information content (AvgIpc) is 3.10. The monoisotopic (exact) mass is 377 g/mol. The maximum absolute atomic E-state index is 14.1. The number of rotatable bonds is 5. The molecule has 0 saturated carbocycles. The Kier molecular flexibility index (Phi) is 4.97. The van der Waals surface area contributed by atoms with Crippen LogP contribution in [0.25, 0.3) is 0 Å². The van der Waals surface area contributed by atoms with Crippen molar-refractivity contribution in [1.82, 2.24) is 14.2 Å². The van der Waals surface area contributed by atoms with Gasteiger partial charge in [-0.2, -0.15) is 0 Å². The number of nitrogens with one attached hydrogen (secondary N) is 1. The molecule has 1 unspecified atom stereocenters. The smallest absolute Gasteiger partial charge is 0.254 e. The summed E-state index contributed by atoms with van der Waals surface area (Å²) in [5.41, 5.74) is 1.14. The van der Waals surface area contributed by atoms with Crippen molar-refractivity contribution in [1.29, 1.82) is 0 Å². The van der Waals surface area contributed by atoms with Crippen LogP contribution in [0.5, 0.6) is 0 Å². The first-order valence-corrected chi connectivity index (χ1v) is 9.69. The van der Waals surface area contributed by atoms with Crippen LogP contribution < -0.4 is 4.72 Å². The highest BCUT2D eigenvalue weighted by Crippen LogP contribution is 2.27. The number of nitrogens with zero attached hydrogens (tertiary/aromatic N) is 2. The molecule has 1 aliphatic rings. The molecular weight excluding hydrogens is 357 g/mol. The molecule has 2 aromatic rings. The maximum atomic E-state index is 14.1. The molecule has 0 fully saturated rings. The Morgan fingerprint density at radius 1 is 1.38 bits per heavy atom. The highest BCUT2D eigenvalue weighted by atomic mass is 32.2. The minimum atomic E-state index is -4.06. The molecule has 0 radical (unpaired) electrons. The summed E-state index contributed by atoms with van der Waals surface area (Å²) in [6.45, 7) is 6.46. The molecule has 1 atom stereocenters. The fraction of sp³-hybridized carbons (Fsp3) is 0.278. The second-order valence-electron chi connectivity index (χ2n) is 6.09. The predicted octanol–water partition coefficient (Wildman–Crippen LogP) is 2.31. The van der Waals surface area contributed by atoms with Gasteiger partial charge in [0.25, 0.3) is 5.91 Å². The van der Waals surface area contributed by atoms with E-state index in [4.69, 9.17) is 0 Å². The van der Waals surface area contributed by atoms with Crippen LogP contribution in [-0.2, 0) is 16.6 Å². The fourth-order valence-electron chi connectivity index (χ4n) is 3.11. The van der Waals surface area contributed by atoms with E-state index in [0.29, 0.717) is 13.1 Å². The summed E-state index contributed by atoms with van der Waals surface area (Å²) in [7, 11) is -4.06. The number of hydrogen-bond donors (Lipinski definition) is 1. The Hall–Kier alpha value is -2.45. The van der Waals surface area contributed by atoms with Crippen LogP contribution in [-0.4, -0.2) is 36.9 Å². The lowest BCUT2D eigenvalue weighted by atomic mass is 10.1. The first-order valence-electron chi connectivity index (χ1n) is 8.21. The van der Waals surface area contributed by atoms with Crippen molar-refractivity contribution < 1.29 is 17.6 Å². The SMILES string of the molecule is C=CCNS(=O)(=O)c1cc(C(=O)N2CCn3cccc3C2C)ccc1F. The Balaban J connectivity index is 1.92. The molecular formula is C18H20FN3O3S. The number of aromatic nitrogens is 1. The van der Waals surface area contributed by atoms with E-state index in [1.807, 2.05) is 25.3 Å². The molecule has 0 bridgehead atoms. The molecule has 138 valence electrons. The highest BCUT2D eigenvalue weighted by molar-refractivity contribution is 7.89. The molecule has 1 amide bonds. The zero-order valence-electron chi connectivity index (χ0n) is 14.4. The van der Waals surface area contributed by atoms with Crippen molar-refractivity contribution in [3.05, 3.63) is 66.3 Å². The van der Waals surface area contributed by atoms with Crippen molar-refractivity contribution in [3.8, 4) is 0 Å². The third-order valence-corrected chi connectivity index (χ3v) is 5.93. The molecule has 0 aliphatic carbocycles. The van der Waals surface area contributed by atoms with E-state index < -0.39 is 20.7 Å². The van der Waals surface area contributed by atoms with Crippen LogP contribution in [0.3, 0.4) is 0 Å². The Morgan fingerprint density at radius 3 is 2.88 bits per heavy atom. The van der Waals surface area contributed by atoms with Gasteiger partial charge in [0, 0.05) is 37.1 Å². The van der Waals surface area contributed by atoms with Crippen LogP contribution in [0.15, 0.2) is 54.1 Å². The van der Waals surface area contributed by atoms with Crippen LogP contribution in [0, 0.1) is 5.82 Å². The van der Waals surface area contributed by atoms with Gasteiger partial charge in [0.2, 0.25) is 10.0 Å². The first kappa shape index (κ1) is 18.3. The van der Waals surface area contributed by atoms with Crippen molar-refractivity contribution in [2.24, 2.45) is 0 Å². The van der Waals surface area contributed by atoms with Gasteiger partial charge in [-0.15, -0.1) is 6.58 Å². The summed E-state index contributed by atoms with van der Waals surface area (Å²) < 4.78 is 42.8. The predicted molar refractivity (Wildman–Crippen MR) is 95.7 cm³/mol. The summed E-state index contributed by atoms with van der Waals surface area (Å²) in [4.78, 5) is 14.0. The van der Waals surface area contributed by atoms with E-state index in [1.54, 1.807) is 4.90 Å². The van der Waals surface area contributed by atoms with Crippen LogP contribution >= 0.6 is 0 Å². The number of carbonyl (C=O) groups is 1. The van der Waals surface area contributed by atoms with Gasteiger partial charge in [0.05, 0.1) is 6.04 Å². The number of carbonyl (C=O) groups excluding carboxylic acids is 1. The Bertz CT molecular complexity index is 952. The molecule has 6 nitrogen and oxygen atoms in total. The average molecular weight is 377 g/mol. The number of amides is 1. The van der Waals surface area contributed by atoms with Gasteiger partial charge in [0.15, 0.2) is 0 Å². The second kappa shape index (κ2) is 7.05. The third-order valence-electron chi connectivity index (χ3n) is 4.49. The minimum Gasteiger partial charge on any atom is -0.348 e. The summed E-state index contributed by atoms with van der Waals surface area (Å²) in [5.74, 6) is -1.23. The molecule has 0 spiro atoms. The minimum absolute atomic E-state index is 0.0277. The second-order valence-corrected chi connectivity index (χ2v) is 7.82. The van der Waals surface area contributed by atoms with Crippen LogP contribution in [0.4, 0.5) is 4.39 Å². The summed E-state index contributed by atoms with van der Waals surface area (Å²) in [5, 5.41) is 0. The Morgan fingerprint density at radius 2 is 2.15 bits per heavy atom. The van der Waals surface area contributed by atoms with E-state index in [2.05, 4.69) is 15.9 Å². The van der Waals surface area contributed by atoms with Gasteiger partial charge >= 0.3 is 0 Å². The van der Waals surface area contributed by atoms with E-state index >= 15 is 0 Å². The van der Waals surface area contributed by atoms with Crippen molar-refractivity contribution in [3.63, 3.8) is 0 Å². The summed E-state index contributed by atoms with van der Waals surface area (Å²) in [6, 6.07) is 7.12. The van der Waals surface area contributed by atoms with E-state index in [-0.39, 0.29) is 24.1 Å². The van der Waals surface area contributed by atoms with E-state index in [0.717, 1.165) is 17.8 Å². The third kappa shape index (κ3) is 3.30. The van der Waals surface area contributed by atoms with Crippen LogP contribution in [0.1, 0.15) is 29.0 Å². The highest BCUT2D eigenvalue weighted by Gasteiger charge is 2.29. The van der Waals surface area contributed by atoms with Gasteiger partial charge in [-0.1, -0.05) is 6.08 Å². The van der Waals surface area contributed by atoms with E-state index in [1.165, 1.54) is 12.1 Å². The van der Waals surface area contributed by atoms with Crippen LogP contribution in [0.2, 0.25) is 0 Å². The summed E-state index contributed by atoms with van der Waals surface area (Å²) in [6.07, 6.45) is 3.32. The number of halogens is 1. The zero-order chi connectivity index (χ0) is 18.9. The molecule has 8 heteroatoms. The molecule has 0 saturated heterocycles. The molecule has 26 heavy (non-hydrogen) atoms. The molecule has 1 aromatic carbocycles. The number of hydrogen-bond acceptors (Lipinski definition) is 3. The molecule has 1 N–H and O–H groups in total. The van der Waals surface area contributed by atoms with Crippen molar-refractivity contribution in [2.45, 2.75) is 24.4 Å². The standard InChI is InChI=1S/C18H20FN3O3S/c1-3-8-20-26(24,25)17-12-14(6-7-15(17)19)18(23)22-11-10-21-9-4-5-16(21)13(22)2/h3-7,9,12-13,20H,1,8,10-11H2,2H3. The van der Waals surface area contributed by atoms with Crippen molar-refractivity contribution >= 4 is 15.9 Å². The molecule has 2 heterocycles. The summed E-state index contributed by atoms with van der Waals surface area (Å²) >= 11 is 0. The molecule has 1 aliphatic heterocycles. The van der Waals surface area contributed by atoms with Gasteiger partial charge in [0.1, 0.15) is 10.7 Å². The van der Waals surface area contributed by atoms with Gasteiger partial charge < -0.3 is 9.47 Å². The van der Waals surface area contributed by atoms with E-state index in [9.17, 15) is 17.6 Å². The maximum Gasteiger partial charge on any atom is 0.254 e. The molecule has 3 rings (SSSR count). The van der Waals surface area contributed by atoms with Gasteiger partial charge in [-0.25, -0.2) is 17.5 Å².